The number of amides is 1. The monoisotopic (exact) mass is 433 g/mol. The quantitative estimate of drug-likeness (QED) is 0.559. The Bertz CT molecular complexity index is 989. The zero-order valence-corrected chi connectivity index (χ0v) is 18.1. The summed E-state index contributed by atoms with van der Waals surface area (Å²) in [6, 6.07) is 11.7. The molecule has 9 heteroatoms. The van der Waals surface area contributed by atoms with Gasteiger partial charge in [-0.15, -0.1) is 10.2 Å². The maximum Gasteiger partial charge on any atom is 0.223 e. The van der Waals surface area contributed by atoms with Crippen molar-refractivity contribution in [1.82, 2.24) is 25.5 Å². The molecule has 166 valence electrons. The predicted molar refractivity (Wildman–Crippen MR) is 122 cm³/mol. The van der Waals surface area contributed by atoms with Crippen LogP contribution in [0.5, 0.6) is 5.75 Å². The summed E-state index contributed by atoms with van der Waals surface area (Å²) in [5, 5.41) is 14.7. The first-order chi connectivity index (χ1) is 15.7. The molecule has 1 aromatic carbocycles. The van der Waals surface area contributed by atoms with Crippen LogP contribution in [0.25, 0.3) is 0 Å². The summed E-state index contributed by atoms with van der Waals surface area (Å²) in [5.74, 6) is 3.05. The summed E-state index contributed by atoms with van der Waals surface area (Å²) in [6.45, 7) is 2.20. The van der Waals surface area contributed by atoms with Crippen LogP contribution in [0, 0.1) is 5.92 Å². The molecule has 0 bridgehead atoms. The van der Waals surface area contributed by atoms with E-state index in [2.05, 4.69) is 35.7 Å². The number of carbonyl (C=O) groups excluding carboxylic acids is 1. The molecule has 4 rings (SSSR count). The second-order valence-electron chi connectivity index (χ2n) is 7.64. The highest BCUT2D eigenvalue weighted by Crippen LogP contribution is 2.22. The molecular weight excluding hydrogens is 406 g/mol. The minimum absolute atomic E-state index is 0.0349. The van der Waals surface area contributed by atoms with Crippen molar-refractivity contribution in [1.29, 1.82) is 0 Å². The van der Waals surface area contributed by atoms with Crippen molar-refractivity contribution in [2.45, 2.75) is 19.3 Å². The van der Waals surface area contributed by atoms with Crippen LogP contribution in [0.1, 0.15) is 18.4 Å². The van der Waals surface area contributed by atoms with Crippen LogP contribution in [0.15, 0.2) is 55.0 Å². The van der Waals surface area contributed by atoms with Crippen LogP contribution in [0.4, 0.5) is 17.5 Å². The fourth-order valence-corrected chi connectivity index (χ4v) is 3.69. The van der Waals surface area contributed by atoms with Crippen molar-refractivity contribution in [3.63, 3.8) is 0 Å². The van der Waals surface area contributed by atoms with E-state index < -0.39 is 0 Å². The average Bonchev–Trinajstić information content (AvgIpc) is 2.86. The van der Waals surface area contributed by atoms with E-state index in [1.807, 2.05) is 36.4 Å². The molecule has 1 fully saturated rings. The van der Waals surface area contributed by atoms with Gasteiger partial charge in [0.15, 0.2) is 11.6 Å². The maximum absolute atomic E-state index is 12.6. The number of aromatic nitrogens is 4. The van der Waals surface area contributed by atoms with Gasteiger partial charge in [0.1, 0.15) is 11.6 Å². The molecule has 32 heavy (non-hydrogen) atoms. The number of anilines is 3. The van der Waals surface area contributed by atoms with Gasteiger partial charge in [-0.2, -0.15) is 0 Å². The molecule has 1 aliphatic heterocycles. The summed E-state index contributed by atoms with van der Waals surface area (Å²) in [6.07, 6.45) is 7.27. The second-order valence-corrected chi connectivity index (χ2v) is 7.64. The Morgan fingerprint density at radius 3 is 2.53 bits per heavy atom. The van der Waals surface area contributed by atoms with E-state index >= 15 is 0 Å². The fraction of sp³-hybridized carbons (Fsp3) is 0.348. The van der Waals surface area contributed by atoms with Gasteiger partial charge < -0.3 is 20.3 Å². The molecule has 3 heterocycles. The minimum atomic E-state index is 0.0349. The second kappa shape index (κ2) is 10.5. The third kappa shape index (κ3) is 5.69. The Balaban J connectivity index is 1.20. The maximum atomic E-state index is 12.6. The highest BCUT2D eigenvalue weighted by molar-refractivity contribution is 5.79. The van der Waals surface area contributed by atoms with E-state index in [9.17, 15) is 4.79 Å². The largest absolute Gasteiger partial charge is 0.497 e. The summed E-state index contributed by atoms with van der Waals surface area (Å²) in [5.41, 5.74) is 1.18. The van der Waals surface area contributed by atoms with Crippen molar-refractivity contribution in [3.8, 4) is 5.75 Å². The van der Waals surface area contributed by atoms with Gasteiger partial charge in [-0.3, -0.25) is 9.78 Å². The summed E-state index contributed by atoms with van der Waals surface area (Å²) >= 11 is 0. The normalized spacial score (nSPS) is 14.1. The third-order valence-corrected chi connectivity index (χ3v) is 5.53. The molecule has 2 aromatic heterocycles. The molecule has 0 spiro atoms. The van der Waals surface area contributed by atoms with Crippen LogP contribution in [0.3, 0.4) is 0 Å². The van der Waals surface area contributed by atoms with Gasteiger partial charge in [0.2, 0.25) is 5.91 Å². The summed E-state index contributed by atoms with van der Waals surface area (Å²) < 4.78 is 5.17. The lowest BCUT2D eigenvalue weighted by molar-refractivity contribution is -0.125. The van der Waals surface area contributed by atoms with Crippen molar-refractivity contribution in [2.75, 3.05) is 37.0 Å². The first-order valence-corrected chi connectivity index (χ1v) is 10.7. The Kier molecular flexibility index (Phi) is 7.06. The van der Waals surface area contributed by atoms with Crippen LogP contribution in [-0.4, -0.2) is 52.8 Å². The van der Waals surface area contributed by atoms with E-state index in [1.54, 1.807) is 25.7 Å². The number of hydrogen-bond donors (Lipinski definition) is 2. The molecule has 2 N–H and O–H groups in total. The minimum Gasteiger partial charge on any atom is -0.497 e. The first kappa shape index (κ1) is 21.5. The van der Waals surface area contributed by atoms with Crippen molar-refractivity contribution < 1.29 is 9.53 Å². The number of rotatable bonds is 8. The number of nitrogens with zero attached hydrogens (tertiary/aromatic N) is 5. The number of benzene rings is 1. The fourth-order valence-electron chi connectivity index (χ4n) is 3.69. The molecule has 0 aliphatic carbocycles. The highest BCUT2D eigenvalue weighted by Gasteiger charge is 2.25. The van der Waals surface area contributed by atoms with E-state index in [0.29, 0.717) is 18.2 Å². The number of hydrogen-bond acceptors (Lipinski definition) is 8. The Labute approximate surface area is 187 Å². The molecule has 3 aromatic rings. The van der Waals surface area contributed by atoms with Gasteiger partial charge in [-0.25, -0.2) is 4.98 Å². The first-order valence-electron chi connectivity index (χ1n) is 10.7. The van der Waals surface area contributed by atoms with E-state index in [0.717, 1.165) is 43.9 Å². The van der Waals surface area contributed by atoms with Crippen LogP contribution >= 0.6 is 0 Å². The lowest BCUT2D eigenvalue weighted by Gasteiger charge is -2.31. The number of piperidine rings is 1. The molecular formula is C23H27N7O2. The van der Waals surface area contributed by atoms with E-state index in [4.69, 9.17) is 4.74 Å². The Morgan fingerprint density at radius 1 is 1.06 bits per heavy atom. The summed E-state index contributed by atoms with van der Waals surface area (Å²) in [7, 11) is 1.65. The van der Waals surface area contributed by atoms with Crippen molar-refractivity contribution in [3.05, 3.63) is 60.6 Å². The lowest BCUT2D eigenvalue weighted by Crippen LogP contribution is -2.41. The van der Waals surface area contributed by atoms with Gasteiger partial charge in [0.25, 0.3) is 0 Å². The van der Waals surface area contributed by atoms with Gasteiger partial charge in [0.05, 0.1) is 13.3 Å². The highest BCUT2D eigenvalue weighted by atomic mass is 16.5. The third-order valence-electron chi connectivity index (χ3n) is 5.53. The average molecular weight is 434 g/mol. The van der Waals surface area contributed by atoms with Crippen LogP contribution < -0.4 is 20.3 Å². The zero-order valence-electron chi connectivity index (χ0n) is 18.1. The molecule has 0 saturated carbocycles. The number of carbonyl (C=O) groups is 1. The van der Waals surface area contributed by atoms with E-state index in [1.165, 1.54) is 5.56 Å². The number of nitrogens with one attached hydrogen (secondary N) is 2. The number of ether oxygens (including phenoxy) is 1. The topological polar surface area (TPSA) is 105 Å². The van der Waals surface area contributed by atoms with Crippen LogP contribution in [0.2, 0.25) is 0 Å². The van der Waals surface area contributed by atoms with E-state index in [-0.39, 0.29) is 11.8 Å². The standard InChI is InChI=1S/C23H27N7O2/c1-32-19-4-2-17(3-5-19)8-11-26-23(31)18-9-14-30(15-10-18)22-7-6-20(28-29-22)27-21-16-24-12-13-25-21/h2-7,12-13,16,18H,8-11,14-15H2,1H3,(H,26,31)(H,25,27,28). The molecule has 0 atom stereocenters. The summed E-state index contributed by atoms with van der Waals surface area (Å²) in [4.78, 5) is 22.9. The number of methoxy groups -OCH3 is 1. The Morgan fingerprint density at radius 2 is 1.88 bits per heavy atom. The molecule has 1 saturated heterocycles. The Hall–Kier alpha value is -3.75. The molecule has 0 unspecified atom stereocenters. The van der Waals surface area contributed by atoms with Gasteiger partial charge in [-0.1, -0.05) is 12.1 Å². The van der Waals surface area contributed by atoms with Crippen molar-refractivity contribution in [2.24, 2.45) is 5.92 Å². The molecule has 1 amide bonds. The lowest BCUT2D eigenvalue weighted by atomic mass is 9.96. The van der Waals surface area contributed by atoms with Gasteiger partial charge >= 0.3 is 0 Å². The molecule has 9 nitrogen and oxygen atoms in total. The van der Waals surface area contributed by atoms with Crippen LogP contribution in [-0.2, 0) is 11.2 Å². The SMILES string of the molecule is COc1ccc(CCNC(=O)C2CCN(c3ccc(Nc4cnccn4)nn3)CC2)cc1. The van der Waals surface area contributed by atoms with Crippen molar-refractivity contribution >= 4 is 23.4 Å². The zero-order chi connectivity index (χ0) is 22.2. The van der Waals surface area contributed by atoms with Gasteiger partial charge in [-0.05, 0) is 49.1 Å². The molecule has 0 radical (unpaired) electrons. The predicted octanol–water partition coefficient (Wildman–Crippen LogP) is 2.59. The smallest absolute Gasteiger partial charge is 0.223 e. The molecule has 1 aliphatic rings. The van der Waals surface area contributed by atoms with Gasteiger partial charge in [0, 0.05) is 37.9 Å².